The number of carbonyl (C=O) groups is 1. The number of aliphatic hydroxyl groups excluding tert-OH is 4. The van der Waals surface area contributed by atoms with Gasteiger partial charge in [-0.2, -0.15) is 0 Å². The fourth-order valence-electron chi connectivity index (χ4n) is 2.84. The summed E-state index contributed by atoms with van der Waals surface area (Å²) in [7, 11) is 1.50. The molecule has 7 N–H and O–H groups in total. The lowest BCUT2D eigenvalue weighted by atomic mass is 10.1. The number of nitrogens with two attached hydrogens (primary N) is 1. The highest BCUT2D eigenvalue weighted by atomic mass is 16.5. The normalized spacial score (nSPS) is 11.3. The summed E-state index contributed by atoms with van der Waals surface area (Å²) in [6, 6.07) is 0. The third-order valence-corrected chi connectivity index (χ3v) is 4.91. The maximum Gasteiger partial charge on any atom is 0.303 e. The Morgan fingerprint density at radius 2 is 1.37 bits per heavy atom. The summed E-state index contributed by atoms with van der Waals surface area (Å²) in [4.78, 5) is 10.5. The number of ether oxygens (including phenoxy) is 3. The van der Waals surface area contributed by atoms with Gasteiger partial charge in [-0.3, -0.25) is 9.48 Å². The summed E-state index contributed by atoms with van der Waals surface area (Å²) in [5.41, 5.74) is 5.17. The molecular weight excluding hydrogens is 464 g/mol. The van der Waals surface area contributed by atoms with Crippen LogP contribution in [0.5, 0.6) is 0 Å². The Balaban J connectivity index is 0.00000562. The number of nitrogens with zero attached hydrogens (tertiary/aromatic N) is 3. The Morgan fingerprint density at radius 1 is 0.857 bits per heavy atom. The van der Waals surface area contributed by atoms with Crippen LogP contribution < -0.4 is 5.73 Å². The zero-order valence-electron chi connectivity index (χ0n) is 20.7. The van der Waals surface area contributed by atoms with Crippen LogP contribution in [0.3, 0.4) is 0 Å². The predicted octanol–water partition coefficient (Wildman–Crippen LogP) is -1.13. The molecule has 0 aromatic carbocycles. The minimum atomic E-state index is -0.785. The standard InChI is InChI=1S/C21H39N3O9.CH5N/c25-7-17(8-26)11-31-13-19(14-32-12-18(9-27)10-28)15-33-16-20-6-24(23-22-20)5-3-1-2-4-21(29)30;1-2/h6,17-19,25-28H,1-5,7-16H2,(H,29,30);2H2,1H3. The predicted molar refractivity (Wildman–Crippen MR) is 126 cm³/mol. The van der Waals surface area contributed by atoms with Crippen molar-refractivity contribution >= 4 is 5.97 Å². The van der Waals surface area contributed by atoms with Gasteiger partial charge in [0.2, 0.25) is 0 Å². The van der Waals surface area contributed by atoms with Gasteiger partial charge in [-0.1, -0.05) is 11.6 Å². The van der Waals surface area contributed by atoms with Gasteiger partial charge in [-0.25, -0.2) is 0 Å². The summed E-state index contributed by atoms with van der Waals surface area (Å²) >= 11 is 0. The molecule has 0 unspecified atom stereocenters. The summed E-state index contributed by atoms with van der Waals surface area (Å²) in [5, 5.41) is 53.4. The van der Waals surface area contributed by atoms with Crippen molar-refractivity contribution < 1.29 is 44.5 Å². The van der Waals surface area contributed by atoms with Crippen LogP contribution in [-0.2, 0) is 32.2 Å². The van der Waals surface area contributed by atoms with E-state index in [9.17, 15) is 4.79 Å². The molecule has 0 radical (unpaired) electrons. The van der Waals surface area contributed by atoms with E-state index in [0.717, 1.165) is 12.8 Å². The minimum Gasteiger partial charge on any atom is -0.481 e. The molecule has 0 saturated carbocycles. The van der Waals surface area contributed by atoms with E-state index in [0.29, 0.717) is 38.5 Å². The van der Waals surface area contributed by atoms with Crippen molar-refractivity contribution in [3.63, 3.8) is 0 Å². The fourth-order valence-corrected chi connectivity index (χ4v) is 2.84. The van der Waals surface area contributed by atoms with E-state index in [2.05, 4.69) is 16.0 Å². The van der Waals surface area contributed by atoms with Crippen LogP contribution in [0, 0.1) is 17.8 Å². The number of unbranched alkanes of at least 4 members (excludes halogenated alkanes) is 2. The Kier molecular flexibility index (Phi) is 21.6. The average Bonchev–Trinajstić information content (AvgIpc) is 3.32. The lowest BCUT2D eigenvalue weighted by Gasteiger charge is -2.20. The van der Waals surface area contributed by atoms with Gasteiger partial charge in [0.25, 0.3) is 0 Å². The quantitative estimate of drug-likeness (QED) is 0.103. The number of hydrogen-bond donors (Lipinski definition) is 6. The smallest absolute Gasteiger partial charge is 0.303 e. The number of rotatable bonds is 22. The first-order valence-electron chi connectivity index (χ1n) is 11.9. The van der Waals surface area contributed by atoms with E-state index in [1.165, 1.54) is 7.05 Å². The molecule has 1 rings (SSSR count). The van der Waals surface area contributed by atoms with Crippen molar-refractivity contribution in [2.75, 3.05) is 66.5 Å². The second-order valence-corrected chi connectivity index (χ2v) is 8.10. The summed E-state index contributed by atoms with van der Waals surface area (Å²) in [6.07, 6.45) is 4.23. The first-order chi connectivity index (χ1) is 17.0. The molecule has 1 aromatic heterocycles. The molecule has 13 heteroatoms. The van der Waals surface area contributed by atoms with Gasteiger partial charge in [0, 0.05) is 30.7 Å². The Hall–Kier alpha value is -1.71. The van der Waals surface area contributed by atoms with Crippen molar-refractivity contribution in [3.8, 4) is 0 Å². The second kappa shape index (κ2) is 22.7. The van der Waals surface area contributed by atoms with Crippen LogP contribution in [0.4, 0.5) is 0 Å². The van der Waals surface area contributed by atoms with Gasteiger partial charge in [0.1, 0.15) is 5.69 Å². The van der Waals surface area contributed by atoms with Crippen LogP contribution >= 0.6 is 0 Å². The molecule has 0 aliphatic carbocycles. The minimum absolute atomic E-state index is 0.134. The van der Waals surface area contributed by atoms with Crippen molar-refractivity contribution in [2.24, 2.45) is 23.5 Å². The number of aliphatic hydroxyl groups is 4. The first kappa shape index (κ1) is 33.3. The second-order valence-electron chi connectivity index (χ2n) is 8.10. The summed E-state index contributed by atoms with van der Waals surface area (Å²) < 4.78 is 18.6. The molecule has 206 valence electrons. The Morgan fingerprint density at radius 3 is 1.89 bits per heavy atom. The third-order valence-electron chi connectivity index (χ3n) is 4.91. The topological polar surface area (TPSA) is 203 Å². The van der Waals surface area contributed by atoms with Crippen LogP contribution in [-0.4, -0.2) is 113 Å². The molecule has 0 amide bonds. The molecule has 1 heterocycles. The molecule has 0 spiro atoms. The highest BCUT2D eigenvalue weighted by molar-refractivity contribution is 5.66. The molecule has 0 bridgehead atoms. The number of aromatic nitrogens is 3. The Labute approximate surface area is 206 Å². The van der Waals surface area contributed by atoms with Gasteiger partial charge in [-0.05, 0) is 19.9 Å². The summed E-state index contributed by atoms with van der Waals surface area (Å²) in [5.74, 6) is -1.61. The Bertz CT molecular complexity index is 596. The molecule has 0 saturated heterocycles. The van der Waals surface area contributed by atoms with E-state index in [4.69, 9.17) is 39.7 Å². The molecule has 0 aliphatic heterocycles. The largest absolute Gasteiger partial charge is 0.481 e. The van der Waals surface area contributed by atoms with E-state index >= 15 is 0 Å². The molecule has 35 heavy (non-hydrogen) atoms. The number of carboxylic acid groups (broad SMARTS) is 1. The number of aliphatic carboxylic acids is 1. The number of carboxylic acids is 1. The lowest BCUT2D eigenvalue weighted by Crippen LogP contribution is -2.27. The van der Waals surface area contributed by atoms with Gasteiger partial charge in [-0.15, -0.1) is 5.10 Å². The van der Waals surface area contributed by atoms with Crippen LogP contribution in [0.25, 0.3) is 0 Å². The number of aryl methyl sites for hydroxylation is 1. The fraction of sp³-hybridized carbons (Fsp3) is 0.864. The SMILES string of the molecule is CN.O=C(O)CCCCCn1cc(COCC(COCC(CO)CO)COCC(CO)CO)nn1. The zero-order chi connectivity index (χ0) is 26.3. The molecule has 0 aliphatic rings. The molecule has 1 aromatic rings. The van der Waals surface area contributed by atoms with Crippen molar-refractivity contribution in [1.29, 1.82) is 0 Å². The lowest BCUT2D eigenvalue weighted by molar-refractivity contribution is -0.137. The molecular formula is C22H44N4O9. The van der Waals surface area contributed by atoms with Crippen LogP contribution in [0.2, 0.25) is 0 Å². The van der Waals surface area contributed by atoms with E-state index in [-0.39, 0.29) is 70.4 Å². The monoisotopic (exact) mass is 508 g/mol. The maximum atomic E-state index is 10.5. The van der Waals surface area contributed by atoms with E-state index < -0.39 is 5.97 Å². The first-order valence-corrected chi connectivity index (χ1v) is 11.9. The van der Waals surface area contributed by atoms with Gasteiger partial charge in [0.05, 0.1) is 72.3 Å². The summed E-state index contributed by atoms with van der Waals surface area (Å²) in [6.45, 7) is 1.55. The highest BCUT2D eigenvalue weighted by Gasteiger charge is 2.15. The number of hydrogen-bond acceptors (Lipinski definition) is 11. The van der Waals surface area contributed by atoms with Crippen LogP contribution in [0.15, 0.2) is 6.20 Å². The van der Waals surface area contributed by atoms with Gasteiger partial charge < -0.3 is 45.5 Å². The van der Waals surface area contributed by atoms with Crippen molar-refractivity contribution in [1.82, 2.24) is 15.0 Å². The van der Waals surface area contributed by atoms with Gasteiger partial charge >= 0.3 is 5.97 Å². The van der Waals surface area contributed by atoms with E-state index in [1.54, 1.807) is 10.9 Å². The van der Waals surface area contributed by atoms with Gasteiger partial charge in [0.15, 0.2) is 0 Å². The van der Waals surface area contributed by atoms with E-state index in [1.807, 2.05) is 0 Å². The molecule has 0 atom stereocenters. The zero-order valence-corrected chi connectivity index (χ0v) is 20.7. The highest BCUT2D eigenvalue weighted by Crippen LogP contribution is 2.08. The third kappa shape index (κ3) is 17.4. The van der Waals surface area contributed by atoms with Crippen molar-refractivity contribution in [2.45, 2.75) is 38.8 Å². The average molecular weight is 509 g/mol. The maximum absolute atomic E-state index is 10.5. The molecule has 0 fully saturated rings. The van der Waals surface area contributed by atoms with Crippen LogP contribution in [0.1, 0.15) is 31.4 Å². The molecule has 13 nitrogen and oxygen atoms in total. The van der Waals surface area contributed by atoms with Crippen molar-refractivity contribution in [3.05, 3.63) is 11.9 Å².